The van der Waals surface area contributed by atoms with Crippen molar-refractivity contribution in [3.8, 4) is 23.9 Å². The highest BCUT2D eigenvalue weighted by molar-refractivity contribution is 5.49. The van der Waals surface area contributed by atoms with Gasteiger partial charge in [-0.3, -0.25) is 4.98 Å². The lowest BCUT2D eigenvalue weighted by atomic mass is 10.2. The number of hydrogen-bond donors (Lipinski definition) is 0. The van der Waals surface area contributed by atoms with Gasteiger partial charge in [0.05, 0.1) is 0 Å². The molecule has 0 saturated heterocycles. The first-order valence-corrected chi connectivity index (χ1v) is 3.95. The van der Waals surface area contributed by atoms with Crippen molar-refractivity contribution >= 4 is 0 Å². The second kappa shape index (κ2) is 3.62. The lowest BCUT2D eigenvalue weighted by molar-refractivity contribution is 1.04. The van der Waals surface area contributed by atoms with Crippen LogP contribution in [0.5, 0.6) is 0 Å². The smallest absolute Gasteiger partial charge is 0.181 e. The van der Waals surface area contributed by atoms with E-state index in [-0.39, 0.29) is 0 Å². The Bertz CT molecular complexity index is 456. The average Bonchev–Trinajstić information content (AvgIpc) is 2.30. The Labute approximate surface area is 81.1 Å². The topological polar surface area (TPSA) is 51.6 Å². The van der Waals surface area contributed by atoms with Crippen LogP contribution < -0.4 is 0 Å². The molecule has 0 aliphatic carbocycles. The highest BCUT2D eigenvalue weighted by Crippen LogP contribution is 2.09. The zero-order valence-corrected chi connectivity index (χ0v) is 7.25. The van der Waals surface area contributed by atoms with Crippen molar-refractivity contribution in [3.63, 3.8) is 0 Å². The van der Waals surface area contributed by atoms with Crippen molar-refractivity contribution in [3.05, 3.63) is 36.5 Å². The van der Waals surface area contributed by atoms with Gasteiger partial charge in [0.1, 0.15) is 18.3 Å². The number of terminal acetylenes is 1. The van der Waals surface area contributed by atoms with Crippen LogP contribution in [0.1, 0.15) is 5.56 Å². The lowest BCUT2D eigenvalue weighted by Gasteiger charge is -1.96. The first kappa shape index (κ1) is 8.32. The van der Waals surface area contributed by atoms with E-state index in [1.165, 1.54) is 12.7 Å². The van der Waals surface area contributed by atoms with E-state index in [0.717, 1.165) is 5.56 Å². The van der Waals surface area contributed by atoms with E-state index >= 15 is 0 Å². The van der Waals surface area contributed by atoms with Gasteiger partial charge in [0.2, 0.25) is 0 Å². The van der Waals surface area contributed by atoms with Crippen LogP contribution in [0.4, 0.5) is 0 Å². The van der Waals surface area contributed by atoms with Crippen molar-refractivity contribution < 1.29 is 0 Å². The molecule has 0 saturated carbocycles. The summed E-state index contributed by atoms with van der Waals surface area (Å²) in [5.41, 5.74) is 1.43. The zero-order valence-electron chi connectivity index (χ0n) is 7.25. The third kappa shape index (κ3) is 1.57. The van der Waals surface area contributed by atoms with E-state index in [0.29, 0.717) is 11.5 Å². The fourth-order valence-corrected chi connectivity index (χ4v) is 0.983. The normalized spacial score (nSPS) is 9.36. The van der Waals surface area contributed by atoms with Gasteiger partial charge >= 0.3 is 0 Å². The molecule has 14 heavy (non-hydrogen) atoms. The van der Waals surface area contributed by atoms with Crippen molar-refractivity contribution in [2.75, 3.05) is 0 Å². The molecular weight excluding hydrogens is 176 g/mol. The highest BCUT2D eigenvalue weighted by Gasteiger charge is 2.00. The molecule has 0 N–H and O–H groups in total. The van der Waals surface area contributed by atoms with Gasteiger partial charge in [-0.1, -0.05) is 5.92 Å². The van der Waals surface area contributed by atoms with Gasteiger partial charge in [0, 0.05) is 11.8 Å². The molecule has 2 aromatic rings. The van der Waals surface area contributed by atoms with Crippen LogP contribution >= 0.6 is 0 Å². The van der Waals surface area contributed by atoms with Crippen LogP contribution in [0.25, 0.3) is 11.5 Å². The third-order valence-electron chi connectivity index (χ3n) is 1.65. The predicted molar refractivity (Wildman–Crippen MR) is 51.0 cm³/mol. The van der Waals surface area contributed by atoms with Crippen LogP contribution in [0.15, 0.2) is 31.0 Å². The molecular formula is C10H6N4. The van der Waals surface area contributed by atoms with Crippen molar-refractivity contribution in [1.29, 1.82) is 0 Å². The largest absolute Gasteiger partial charge is 0.252 e. The Morgan fingerprint density at radius 1 is 1.07 bits per heavy atom. The molecule has 2 heterocycles. The third-order valence-corrected chi connectivity index (χ3v) is 1.65. The van der Waals surface area contributed by atoms with Crippen LogP contribution in [0, 0.1) is 12.3 Å². The first-order chi connectivity index (χ1) is 6.90. The Balaban J connectivity index is 2.40. The molecule has 4 nitrogen and oxygen atoms in total. The number of rotatable bonds is 1. The van der Waals surface area contributed by atoms with E-state index in [1.54, 1.807) is 18.3 Å². The van der Waals surface area contributed by atoms with Gasteiger partial charge in [-0.25, -0.2) is 15.0 Å². The molecule has 0 atom stereocenters. The van der Waals surface area contributed by atoms with E-state index in [2.05, 4.69) is 25.9 Å². The van der Waals surface area contributed by atoms with Gasteiger partial charge in [0.25, 0.3) is 0 Å². The fourth-order valence-electron chi connectivity index (χ4n) is 0.983. The summed E-state index contributed by atoms with van der Waals surface area (Å²) >= 11 is 0. The van der Waals surface area contributed by atoms with Crippen molar-refractivity contribution in [2.45, 2.75) is 0 Å². The zero-order chi connectivity index (χ0) is 9.80. The van der Waals surface area contributed by atoms with Gasteiger partial charge < -0.3 is 0 Å². The molecule has 0 radical (unpaired) electrons. The number of pyridine rings is 1. The lowest BCUT2D eigenvalue weighted by Crippen LogP contribution is -1.91. The van der Waals surface area contributed by atoms with Gasteiger partial charge in [-0.15, -0.1) is 6.42 Å². The second-order valence-corrected chi connectivity index (χ2v) is 2.54. The average molecular weight is 182 g/mol. The summed E-state index contributed by atoms with van der Waals surface area (Å²) < 4.78 is 0. The minimum Gasteiger partial charge on any atom is -0.252 e. The molecule has 66 valence electrons. The summed E-state index contributed by atoms with van der Waals surface area (Å²) in [5, 5.41) is 0. The van der Waals surface area contributed by atoms with Crippen LogP contribution in [-0.4, -0.2) is 19.9 Å². The Kier molecular flexibility index (Phi) is 2.15. The van der Waals surface area contributed by atoms with Crippen LogP contribution in [-0.2, 0) is 0 Å². The first-order valence-electron chi connectivity index (χ1n) is 3.95. The molecule has 0 unspecified atom stereocenters. The Morgan fingerprint density at radius 2 is 1.86 bits per heavy atom. The van der Waals surface area contributed by atoms with Crippen LogP contribution in [0.3, 0.4) is 0 Å². The molecule has 2 rings (SSSR count). The van der Waals surface area contributed by atoms with Gasteiger partial charge in [-0.05, 0) is 12.1 Å². The molecule has 0 bridgehead atoms. The highest BCUT2D eigenvalue weighted by atomic mass is 15.0. The summed E-state index contributed by atoms with van der Waals surface area (Å²) in [4.78, 5) is 15.8. The molecule has 0 aliphatic rings. The van der Waals surface area contributed by atoms with Gasteiger partial charge in [0.15, 0.2) is 5.82 Å². The number of aromatic nitrogens is 4. The second-order valence-electron chi connectivity index (χ2n) is 2.54. The molecule has 0 aliphatic heterocycles. The van der Waals surface area contributed by atoms with E-state index in [1.807, 2.05) is 0 Å². The van der Waals surface area contributed by atoms with Crippen LogP contribution in [0.2, 0.25) is 0 Å². The maximum atomic E-state index is 5.21. The summed E-state index contributed by atoms with van der Waals surface area (Å²) in [7, 11) is 0. The van der Waals surface area contributed by atoms with E-state index in [4.69, 9.17) is 6.42 Å². The summed E-state index contributed by atoms with van der Waals surface area (Å²) in [6, 6.07) is 3.58. The standard InChI is InChI=1S/C10H6N4/c1-2-8-3-4-9(12-5-8)10-13-6-11-7-14-10/h1,3-7H. The van der Waals surface area contributed by atoms with Crippen molar-refractivity contribution in [1.82, 2.24) is 19.9 Å². The molecule has 0 amide bonds. The Hall–Kier alpha value is -2.28. The summed E-state index contributed by atoms with van der Waals surface area (Å²) in [5.74, 6) is 3.03. The number of nitrogens with zero attached hydrogens (tertiary/aromatic N) is 4. The summed E-state index contributed by atoms with van der Waals surface area (Å²) in [6.07, 6.45) is 9.68. The molecule has 0 spiro atoms. The minimum absolute atomic E-state index is 0.545. The Morgan fingerprint density at radius 3 is 2.43 bits per heavy atom. The molecule has 0 fully saturated rings. The quantitative estimate of drug-likeness (QED) is 0.615. The molecule has 4 heteroatoms. The SMILES string of the molecule is C#Cc1ccc(-c2ncncn2)nc1. The van der Waals surface area contributed by atoms with Crippen molar-refractivity contribution in [2.24, 2.45) is 0 Å². The molecule has 2 aromatic heterocycles. The maximum Gasteiger partial charge on any atom is 0.181 e. The fraction of sp³-hybridized carbons (Fsp3) is 0. The minimum atomic E-state index is 0.545. The maximum absolute atomic E-state index is 5.21. The monoisotopic (exact) mass is 182 g/mol. The predicted octanol–water partition coefficient (Wildman–Crippen LogP) is 0.915. The number of hydrogen-bond acceptors (Lipinski definition) is 4. The molecule has 0 aromatic carbocycles. The van der Waals surface area contributed by atoms with E-state index < -0.39 is 0 Å². The van der Waals surface area contributed by atoms with Gasteiger partial charge in [-0.2, -0.15) is 0 Å². The summed E-state index contributed by atoms with van der Waals surface area (Å²) in [6.45, 7) is 0. The van der Waals surface area contributed by atoms with E-state index in [9.17, 15) is 0 Å².